The van der Waals surface area contributed by atoms with Gasteiger partial charge in [0.25, 0.3) is 25.0 Å². The average molecular weight is 1610 g/mol. The monoisotopic (exact) mass is 1600 g/mol. The van der Waals surface area contributed by atoms with Crippen molar-refractivity contribution in [1.82, 2.24) is 0 Å². The molecule has 0 saturated carbocycles. The molecule has 0 aromatic heterocycles. The molecule has 0 atom stereocenters. The molecule has 0 fully saturated rings. The van der Waals surface area contributed by atoms with Gasteiger partial charge in [-0.3, -0.25) is 0 Å². The first-order chi connectivity index (χ1) is 34.0. The van der Waals surface area contributed by atoms with Gasteiger partial charge in [0, 0.05) is 40.3 Å². The summed E-state index contributed by atoms with van der Waals surface area (Å²) in [5, 5.41) is 8.67. The second-order valence-corrected chi connectivity index (χ2v) is 33.4. The van der Waals surface area contributed by atoms with Gasteiger partial charge in [0.2, 0.25) is 0 Å². The maximum absolute atomic E-state index is 11.8. The third kappa shape index (κ3) is 14.8. The van der Waals surface area contributed by atoms with Gasteiger partial charge in [-0.05, 0) is 156 Å². The summed E-state index contributed by atoms with van der Waals surface area (Å²) in [6, 6.07) is 71.6. The molecular weight excluding hydrogens is 1570 g/mol. The summed E-state index contributed by atoms with van der Waals surface area (Å²) >= 11 is 32.2. The van der Waals surface area contributed by atoms with Crippen molar-refractivity contribution in [2.45, 2.75) is 0 Å². The van der Waals surface area contributed by atoms with E-state index >= 15 is 0 Å². The summed E-state index contributed by atoms with van der Waals surface area (Å²) in [5.74, 6) is 0. The molecule has 0 aliphatic carbocycles. The van der Waals surface area contributed by atoms with Gasteiger partial charge in [-0.2, -0.15) is 0 Å². The summed E-state index contributed by atoms with van der Waals surface area (Å²) < 4.78 is 17.2. The second kappa shape index (κ2) is 27.3. The van der Waals surface area contributed by atoms with Crippen LogP contribution in [0.3, 0.4) is 0 Å². The summed E-state index contributed by atoms with van der Waals surface area (Å²) in [7, 11) is -9.03. The molecule has 4 nitrogen and oxygen atoms in total. The van der Waals surface area contributed by atoms with Gasteiger partial charge < -0.3 is 14.4 Å². The van der Waals surface area contributed by atoms with E-state index in [2.05, 4.69) is 143 Å². The van der Waals surface area contributed by atoms with Crippen LogP contribution in [-0.2, 0) is 21.0 Å². The molecule has 0 radical (unpaired) electrons. The average Bonchev–Trinajstić information content (AvgIpc) is 3.38. The van der Waals surface area contributed by atoms with Gasteiger partial charge >= 0.3 is 21.0 Å². The summed E-state index contributed by atoms with van der Waals surface area (Å²) in [6.45, 7) is 0. The first kappa shape index (κ1) is 58.5. The number of benzene rings is 9. The third-order valence-electron chi connectivity index (χ3n) is 11.4. The quantitative estimate of drug-likeness (QED) is 0.0994. The van der Waals surface area contributed by atoms with Crippen molar-refractivity contribution in [2.75, 3.05) is 0 Å². The Bertz CT molecular complexity index is 2430. The number of rotatable bonds is 9. The van der Waals surface area contributed by atoms with Crippen molar-refractivity contribution in [3.63, 3.8) is 0 Å². The van der Waals surface area contributed by atoms with Gasteiger partial charge in [-0.25, -0.2) is 0 Å². The van der Waals surface area contributed by atoms with E-state index in [9.17, 15) is 14.4 Å². The fourth-order valence-electron chi connectivity index (χ4n) is 7.72. The molecule has 0 aliphatic rings. The fourth-order valence-corrected chi connectivity index (χ4v) is 18.9. The molecule has 17 heteroatoms. The first-order valence-corrected chi connectivity index (χ1v) is 34.7. The van der Waals surface area contributed by atoms with Crippen LogP contribution >= 0.6 is 143 Å². The molecule has 9 aromatic carbocycles. The van der Waals surface area contributed by atoms with Gasteiger partial charge in [-0.1, -0.05) is 253 Å². The SMILES string of the molecule is O[Si](c1ccc(Br)cc1)(c1ccc(Br)cc1)c1ccc(Br)cc1.O[Si](c1ccc(Br)cc1)(c1ccc(Br)cc1)c1ccc(Br)cc1.O[Si](c1ccc(Br)cc1)(c1ccc(Br)cc1)c1ccc(Br)cc1.[O]=[V]. The molecular formula is C54H39Br9O4Si3V. The standard InChI is InChI=1S/3C18H13Br3OSi.O.V/c3*19-13-1-7-16(8-2-13)23(22,17-9-3-14(20)4-10-17)18-11-5-15(21)6-12-18;;/h3*1-12,22H;;. The molecule has 0 heterocycles. The Morgan fingerprint density at radius 2 is 0.268 bits per heavy atom. The minimum atomic E-state index is -3.01. The van der Waals surface area contributed by atoms with Crippen molar-refractivity contribution in [2.24, 2.45) is 0 Å². The molecule has 0 unspecified atom stereocenters. The van der Waals surface area contributed by atoms with Crippen molar-refractivity contribution >= 4 is 215 Å². The zero-order valence-electron chi connectivity index (χ0n) is 36.9. The number of hydrogen-bond acceptors (Lipinski definition) is 4. The Morgan fingerprint density at radius 3 is 0.338 bits per heavy atom. The van der Waals surface area contributed by atoms with Crippen LogP contribution in [0.1, 0.15) is 0 Å². The van der Waals surface area contributed by atoms with E-state index in [0.717, 1.165) is 104 Å². The van der Waals surface area contributed by atoms with E-state index in [4.69, 9.17) is 3.67 Å². The molecule has 359 valence electrons. The van der Waals surface area contributed by atoms with Crippen LogP contribution in [0.2, 0.25) is 0 Å². The van der Waals surface area contributed by atoms with E-state index in [0.29, 0.717) is 0 Å². The van der Waals surface area contributed by atoms with E-state index in [1.165, 1.54) is 0 Å². The topological polar surface area (TPSA) is 77.8 Å². The summed E-state index contributed by atoms with van der Waals surface area (Å²) in [6.07, 6.45) is 0. The number of halogens is 9. The van der Waals surface area contributed by atoms with Crippen LogP contribution in [0.25, 0.3) is 0 Å². The van der Waals surface area contributed by atoms with Crippen LogP contribution in [0.5, 0.6) is 0 Å². The van der Waals surface area contributed by atoms with Crippen LogP contribution in [0.4, 0.5) is 0 Å². The van der Waals surface area contributed by atoms with Gasteiger partial charge in [0.15, 0.2) is 0 Å². The minimum absolute atomic E-state index is 0.963. The molecule has 0 bridgehead atoms. The second-order valence-electron chi connectivity index (χ2n) is 15.7. The van der Waals surface area contributed by atoms with Gasteiger partial charge in [-0.15, -0.1) is 0 Å². The zero-order chi connectivity index (χ0) is 51.3. The van der Waals surface area contributed by atoms with E-state index < -0.39 is 25.0 Å². The van der Waals surface area contributed by atoms with Gasteiger partial charge in [0.05, 0.1) is 0 Å². The Labute approximate surface area is 502 Å². The Hall–Kier alpha value is -1.78. The van der Waals surface area contributed by atoms with Crippen molar-refractivity contribution in [1.29, 1.82) is 0 Å². The molecule has 3 N–H and O–H groups in total. The Balaban J connectivity index is 0.000000171. The van der Waals surface area contributed by atoms with Gasteiger partial charge in [0.1, 0.15) is 0 Å². The third-order valence-corrected chi connectivity index (χ3v) is 26.6. The molecule has 9 aromatic rings. The van der Waals surface area contributed by atoms with Crippen molar-refractivity contribution in [3.05, 3.63) is 259 Å². The number of hydrogen-bond donors (Lipinski definition) is 3. The van der Waals surface area contributed by atoms with E-state index in [1.807, 2.05) is 218 Å². The van der Waals surface area contributed by atoms with E-state index in [1.54, 1.807) is 0 Å². The summed E-state index contributed by atoms with van der Waals surface area (Å²) in [5.41, 5.74) is 0. The normalized spacial score (nSPS) is 11.2. The zero-order valence-corrected chi connectivity index (χ0v) is 55.6. The maximum atomic E-state index is 11.8. The van der Waals surface area contributed by atoms with Crippen molar-refractivity contribution in [3.8, 4) is 0 Å². The molecule has 0 amide bonds. The molecule has 0 spiro atoms. The van der Waals surface area contributed by atoms with Crippen LogP contribution < -0.4 is 46.7 Å². The van der Waals surface area contributed by atoms with E-state index in [-0.39, 0.29) is 0 Å². The predicted octanol–water partition coefficient (Wildman–Crippen LogP) is 11.7. The first-order valence-electron chi connectivity index (χ1n) is 21.2. The van der Waals surface area contributed by atoms with Crippen LogP contribution in [0.15, 0.2) is 259 Å². The molecule has 0 saturated heterocycles. The molecule has 9 rings (SSSR count). The fraction of sp³-hybridized carbons (Fsp3) is 0. The summed E-state index contributed by atoms with van der Waals surface area (Å²) in [4.78, 5) is 35.4. The Kier molecular flexibility index (Phi) is 22.5. The van der Waals surface area contributed by atoms with Crippen molar-refractivity contribution < 1.29 is 35.4 Å². The predicted molar refractivity (Wildman–Crippen MR) is 329 cm³/mol. The Morgan fingerprint density at radius 1 is 0.197 bits per heavy atom. The molecule has 71 heavy (non-hydrogen) atoms. The molecule has 0 aliphatic heterocycles. The van der Waals surface area contributed by atoms with Crippen LogP contribution in [0, 0.1) is 0 Å². The van der Waals surface area contributed by atoms with Crippen LogP contribution in [-0.4, -0.2) is 39.3 Å².